The molecule has 2 N–H and O–H groups in total. The number of hydrogen-bond donors (Lipinski definition) is 2. The van der Waals surface area contributed by atoms with Gasteiger partial charge in [0.15, 0.2) is 0 Å². The summed E-state index contributed by atoms with van der Waals surface area (Å²) in [6.07, 6.45) is 0.455. The van der Waals surface area contributed by atoms with Crippen molar-refractivity contribution in [1.82, 2.24) is 10.2 Å². The Hall–Kier alpha value is -2.17. The van der Waals surface area contributed by atoms with Crippen LogP contribution in [0.2, 0.25) is 0 Å². The second-order valence-electron chi connectivity index (χ2n) is 4.53. The maximum absolute atomic E-state index is 13.3. The molecule has 0 atom stereocenters. The number of aliphatic carboxylic acids is 1. The third-order valence-electron chi connectivity index (χ3n) is 3.09. The second kappa shape index (κ2) is 5.22. The van der Waals surface area contributed by atoms with Crippen molar-refractivity contribution in [3.8, 4) is 11.3 Å². The van der Waals surface area contributed by atoms with E-state index in [1.807, 2.05) is 6.92 Å². The summed E-state index contributed by atoms with van der Waals surface area (Å²) in [4.78, 5) is 10.7. The third-order valence-corrected chi connectivity index (χ3v) is 3.09. The number of halogens is 1. The lowest BCUT2D eigenvalue weighted by atomic mass is 10.0. The molecular weight excluding hydrogens is 247 g/mol. The summed E-state index contributed by atoms with van der Waals surface area (Å²) in [6.45, 7) is 3.54. The molecule has 2 rings (SSSR count). The zero-order valence-corrected chi connectivity index (χ0v) is 10.8. The number of benzene rings is 1. The molecule has 2 aromatic rings. The average Bonchev–Trinajstić information content (AvgIpc) is 2.71. The van der Waals surface area contributed by atoms with Gasteiger partial charge < -0.3 is 5.11 Å². The van der Waals surface area contributed by atoms with E-state index in [1.54, 1.807) is 19.1 Å². The van der Waals surface area contributed by atoms with E-state index in [-0.39, 0.29) is 12.2 Å². The van der Waals surface area contributed by atoms with Crippen LogP contribution in [-0.2, 0) is 11.2 Å². The van der Waals surface area contributed by atoms with Gasteiger partial charge in [0.25, 0.3) is 0 Å². The number of aryl methyl sites for hydroxylation is 2. The molecule has 0 fully saturated rings. The van der Waals surface area contributed by atoms with Gasteiger partial charge in [-0.15, -0.1) is 0 Å². The highest BCUT2D eigenvalue weighted by Crippen LogP contribution is 2.26. The molecule has 0 saturated heterocycles. The highest BCUT2D eigenvalue weighted by molar-refractivity contribution is 5.69. The summed E-state index contributed by atoms with van der Waals surface area (Å²) in [6, 6.07) is 4.77. The first kappa shape index (κ1) is 13.3. The quantitative estimate of drug-likeness (QED) is 0.890. The van der Waals surface area contributed by atoms with E-state index in [9.17, 15) is 9.18 Å². The van der Waals surface area contributed by atoms with Crippen LogP contribution in [0.4, 0.5) is 4.39 Å². The molecule has 0 unspecified atom stereocenters. The molecule has 5 heteroatoms. The molecule has 0 bridgehead atoms. The lowest BCUT2D eigenvalue weighted by molar-refractivity contribution is -0.136. The van der Waals surface area contributed by atoms with Crippen LogP contribution in [0.25, 0.3) is 11.3 Å². The number of carbonyl (C=O) groups is 1. The maximum atomic E-state index is 13.3. The number of aromatic amines is 1. The van der Waals surface area contributed by atoms with Crippen molar-refractivity contribution in [1.29, 1.82) is 0 Å². The van der Waals surface area contributed by atoms with Crippen LogP contribution in [0, 0.1) is 19.7 Å². The van der Waals surface area contributed by atoms with Crippen molar-refractivity contribution in [2.24, 2.45) is 0 Å². The Balaban J connectivity index is 2.38. The highest BCUT2D eigenvalue weighted by atomic mass is 19.1. The molecule has 1 aromatic heterocycles. The largest absolute Gasteiger partial charge is 0.481 e. The molecule has 1 heterocycles. The number of nitrogens with one attached hydrogen (secondary N) is 1. The molecule has 4 nitrogen and oxygen atoms in total. The number of rotatable bonds is 4. The lowest BCUT2D eigenvalue weighted by Gasteiger charge is -2.04. The highest BCUT2D eigenvalue weighted by Gasteiger charge is 2.14. The predicted octanol–water partition coefficient (Wildman–Crippen LogP) is 2.85. The van der Waals surface area contributed by atoms with Crippen molar-refractivity contribution in [2.75, 3.05) is 0 Å². The molecule has 0 aliphatic rings. The minimum Gasteiger partial charge on any atom is -0.481 e. The molecule has 100 valence electrons. The van der Waals surface area contributed by atoms with Gasteiger partial charge in [0.1, 0.15) is 5.82 Å². The first-order chi connectivity index (χ1) is 8.99. The minimum atomic E-state index is -0.846. The zero-order chi connectivity index (χ0) is 14.0. The normalized spacial score (nSPS) is 10.7. The molecule has 0 aliphatic carbocycles. The third kappa shape index (κ3) is 2.81. The molecule has 19 heavy (non-hydrogen) atoms. The van der Waals surface area contributed by atoms with Gasteiger partial charge in [0.2, 0.25) is 0 Å². The molecule has 0 spiro atoms. The van der Waals surface area contributed by atoms with Crippen LogP contribution >= 0.6 is 0 Å². The van der Waals surface area contributed by atoms with Crippen LogP contribution in [0.15, 0.2) is 18.2 Å². The standard InChI is InChI=1S/C14H15FN2O2/c1-8-7-10(3-5-12(8)15)14-11(4-6-13(18)19)9(2)16-17-14/h3,5,7H,4,6H2,1-2H3,(H,16,17)(H,18,19). The first-order valence-electron chi connectivity index (χ1n) is 6.01. The van der Waals surface area contributed by atoms with Crippen LogP contribution in [0.5, 0.6) is 0 Å². The van der Waals surface area contributed by atoms with Gasteiger partial charge in [-0.1, -0.05) is 0 Å². The fraction of sp³-hybridized carbons (Fsp3) is 0.286. The fourth-order valence-corrected chi connectivity index (χ4v) is 2.02. The monoisotopic (exact) mass is 262 g/mol. The minimum absolute atomic E-state index is 0.0492. The molecule has 0 radical (unpaired) electrons. The predicted molar refractivity (Wildman–Crippen MR) is 69.4 cm³/mol. The van der Waals surface area contributed by atoms with Gasteiger partial charge in [-0.2, -0.15) is 5.10 Å². The fourth-order valence-electron chi connectivity index (χ4n) is 2.02. The Morgan fingerprint density at radius 1 is 1.42 bits per heavy atom. The Morgan fingerprint density at radius 3 is 2.79 bits per heavy atom. The van der Waals surface area contributed by atoms with Crippen LogP contribution in [-0.4, -0.2) is 21.3 Å². The molecule has 1 aromatic carbocycles. The lowest BCUT2D eigenvalue weighted by Crippen LogP contribution is -1.99. The van der Waals surface area contributed by atoms with Crippen molar-refractivity contribution >= 4 is 5.97 Å². The molecular formula is C14H15FN2O2. The smallest absolute Gasteiger partial charge is 0.303 e. The van der Waals surface area contributed by atoms with Gasteiger partial charge in [-0.05, 0) is 44.0 Å². The number of hydrogen-bond acceptors (Lipinski definition) is 2. The van der Waals surface area contributed by atoms with E-state index in [1.165, 1.54) is 6.07 Å². The van der Waals surface area contributed by atoms with Crippen molar-refractivity contribution in [3.05, 3.63) is 40.8 Å². The van der Waals surface area contributed by atoms with Crippen molar-refractivity contribution in [2.45, 2.75) is 26.7 Å². The number of nitrogens with zero attached hydrogens (tertiary/aromatic N) is 1. The summed E-state index contributed by atoms with van der Waals surface area (Å²) < 4.78 is 13.3. The van der Waals surface area contributed by atoms with E-state index in [0.717, 1.165) is 16.8 Å². The summed E-state index contributed by atoms with van der Waals surface area (Å²) in [5.41, 5.74) is 3.75. The van der Waals surface area contributed by atoms with E-state index >= 15 is 0 Å². The van der Waals surface area contributed by atoms with Gasteiger partial charge in [0.05, 0.1) is 5.69 Å². The Labute approximate surface area is 110 Å². The number of carboxylic acid groups (broad SMARTS) is 1. The van der Waals surface area contributed by atoms with E-state index in [2.05, 4.69) is 10.2 Å². The first-order valence-corrected chi connectivity index (χ1v) is 6.01. The van der Waals surface area contributed by atoms with Gasteiger partial charge in [0, 0.05) is 23.2 Å². The van der Waals surface area contributed by atoms with Gasteiger partial charge in [-0.25, -0.2) is 4.39 Å². The van der Waals surface area contributed by atoms with Crippen LogP contribution < -0.4 is 0 Å². The SMILES string of the molecule is Cc1cc(-c2n[nH]c(C)c2CCC(=O)O)ccc1F. The zero-order valence-electron chi connectivity index (χ0n) is 10.8. The Kier molecular flexibility index (Phi) is 3.64. The van der Waals surface area contributed by atoms with E-state index in [0.29, 0.717) is 17.7 Å². The van der Waals surface area contributed by atoms with Gasteiger partial charge in [-0.3, -0.25) is 9.89 Å². The molecule has 0 aliphatic heterocycles. The topological polar surface area (TPSA) is 66.0 Å². The number of carboxylic acids is 1. The van der Waals surface area contributed by atoms with Crippen LogP contribution in [0.1, 0.15) is 23.2 Å². The summed E-state index contributed by atoms with van der Waals surface area (Å²) in [5, 5.41) is 15.8. The summed E-state index contributed by atoms with van der Waals surface area (Å²) >= 11 is 0. The van der Waals surface area contributed by atoms with E-state index < -0.39 is 5.97 Å². The van der Waals surface area contributed by atoms with Crippen molar-refractivity contribution < 1.29 is 14.3 Å². The maximum Gasteiger partial charge on any atom is 0.303 e. The van der Waals surface area contributed by atoms with E-state index in [4.69, 9.17) is 5.11 Å². The van der Waals surface area contributed by atoms with Crippen LogP contribution in [0.3, 0.4) is 0 Å². The number of aromatic nitrogens is 2. The van der Waals surface area contributed by atoms with Gasteiger partial charge >= 0.3 is 5.97 Å². The van der Waals surface area contributed by atoms with Crippen molar-refractivity contribution in [3.63, 3.8) is 0 Å². The second-order valence-corrected chi connectivity index (χ2v) is 4.53. The average molecular weight is 262 g/mol. The Bertz CT molecular complexity index is 620. The molecule has 0 saturated carbocycles. The number of H-pyrrole nitrogens is 1. The molecule has 0 amide bonds. The Morgan fingerprint density at radius 2 is 2.16 bits per heavy atom. The summed E-state index contributed by atoms with van der Waals surface area (Å²) in [5.74, 6) is -1.11. The summed E-state index contributed by atoms with van der Waals surface area (Å²) in [7, 11) is 0.